The van der Waals surface area contributed by atoms with Gasteiger partial charge in [0, 0.05) is 17.9 Å². The summed E-state index contributed by atoms with van der Waals surface area (Å²) in [6, 6.07) is 17.7. The van der Waals surface area contributed by atoms with Gasteiger partial charge < -0.3 is 10.6 Å². The van der Waals surface area contributed by atoms with Gasteiger partial charge in [-0.05, 0) is 23.6 Å². The summed E-state index contributed by atoms with van der Waals surface area (Å²) >= 11 is 1.45. The molecule has 1 heterocycles. The van der Waals surface area contributed by atoms with E-state index in [-0.39, 0.29) is 29.4 Å². The molecular weight excluding hydrogens is 320 g/mol. The summed E-state index contributed by atoms with van der Waals surface area (Å²) in [6.45, 7) is 2.65. The normalized spacial score (nSPS) is 17.5. The number of nitrogens with one attached hydrogen (secondary N) is 2. The molecule has 0 aliphatic carbocycles. The van der Waals surface area contributed by atoms with Crippen molar-refractivity contribution < 1.29 is 9.59 Å². The third-order valence-corrected chi connectivity index (χ3v) is 5.33. The van der Waals surface area contributed by atoms with Crippen LogP contribution in [0, 0.1) is 0 Å². The van der Waals surface area contributed by atoms with Crippen LogP contribution in [0.25, 0.3) is 0 Å². The lowest BCUT2D eigenvalue weighted by molar-refractivity contribution is -0.124. The van der Waals surface area contributed by atoms with E-state index in [1.165, 1.54) is 17.3 Å². The molecule has 0 spiro atoms. The topological polar surface area (TPSA) is 58.2 Å². The van der Waals surface area contributed by atoms with Gasteiger partial charge in [0.25, 0.3) is 0 Å². The lowest BCUT2D eigenvalue weighted by Crippen LogP contribution is -2.36. The summed E-state index contributed by atoms with van der Waals surface area (Å²) in [4.78, 5) is 25.3. The van der Waals surface area contributed by atoms with Gasteiger partial charge >= 0.3 is 0 Å². The van der Waals surface area contributed by atoms with Crippen LogP contribution >= 0.6 is 11.8 Å². The van der Waals surface area contributed by atoms with Crippen LogP contribution in [0.5, 0.6) is 0 Å². The minimum absolute atomic E-state index is 0.0928. The predicted octanol–water partition coefficient (Wildman–Crippen LogP) is 3.41. The highest BCUT2D eigenvalue weighted by Gasteiger charge is 2.28. The zero-order valence-corrected chi connectivity index (χ0v) is 14.3. The Morgan fingerprint density at radius 1 is 1.17 bits per heavy atom. The first-order valence-corrected chi connectivity index (χ1v) is 8.89. The third kappa shape index (κ3) is 3.97. The third-order valence-electron chi connectivity index (χ3n) is 4.05. The van der Waals surface area contributed by atoms with Gasteiger partial charge in [0.2, 0.25) is 11.8 Å². The molecule has 0 saturated heterocycles. The summed E-state index contributed by atoms with van der Waals surface area (Å²) in [5, 5.41) is 5.42. The van der Waals surface area contributed by atoms with Crippen LogP contribution in [-0.2, 0) is 9.59 Å². The Balaban J connectivity index is 1.53. The molecule has 0 fully saturated rings. The van der Waals surface area contributed by atoms with Gasteiger partial charge in [-0.25, -0.2) is 0 Å². The van der Waals surface area contributed by atoms with E-state index in [1.807, 2.05) is 42.5 Å². The number of carbonyl (C=O) groups excluding carboxylic acids is 2. The molecule has 0 bridgehead atoms. The largest absolute Gasteiger partial charge is 0.355 e. The molecule has 2 N–H and O–H groups in total. The first-order valence-electron chi connectivity index (χ1n) is 8.01. The van der Waals surface area contributed by atoms with Gasteiger partial charge in [-0.15, -0.1) is 11.8 Å². The summed E-state index contributed by atoms with van der Waals surface area (Å²) in [5.41, 5.74) is 2.01. The van der Waals surface area contributed by atoms with Gasteiger partial charge in [0.15, 0.2) is 0 Å². The molecular formula is C19H20N2O2S. The molecule has 2 aromatic carbocycles. The average molecular weight is 340 g/mol. The second kappa shape index (κ2) is 7.53. The van der Waals surface area contributed by atoms with Gasteiger partial charge in [-0.3, -0.25) is 9.59 Å². The Bertz CT molecular complexity index is 733. The number of fused-ring (bicyclic) bond motifs is 1. The molecule has 124 valence electrons. The average Bonchev–Trinajstić information content (AvgIpc) is 2.61. The van der Waals surface area contributed by atoms with Gasteiger partial charge in [-0.2, -0.15) is 0 Å². The number of rotatable bonds is 5. The van der Waals surface area contributed by atoms with E-state index >= 15 is 0 Å². The maximum atomic E-state index is 12.2. The monoisotopic (exact) mass is 340 g/mol. The zero-order chi connectivity index (χ0) is 16.9. The maximum Gasteiger partial charge on any atom is 0.238 e. The fraction of sp³-hybridized carbons (Fsp3) is 0.263. The van der Waals surface area contributed by atoms with Gasteiger partial charge in [-0.1, -0.05) is 49.4 Å². The predicted molar refractivity (Wildman–Crippen MR) is 97.2 cm³/mol. The molecule has 0 saturated carbocycles. The minimum Gasteiger partial charge on any atom is -0.355 e. The Hall–Kier alpha value is -2.27. The van der Waals surface area contributed by atoms with E-state index in [1.54, 1.807) is 0 Å². The van der Waals surface area contributed by atoms with Crippen molar-refractivity contribution in [1.82, 2.24) is 5.32 Å². The second-order valence-corrected chi connectivity index (χ2v) is 7.16. The lowest BCUT2D eigenvalue weighted by Gasteiger charge is -2.23. The highest BCUT2D eigenvalue weighted by atomic mass is 32.2. The van der Waals surface area contributed by atoms with Gasteiger partial charge in [0.05, 0.1) is 10.9 Å². The van der Waals surface area contributed by atoms with E-state index < -0.39 is 0 Å². The summed E-state index contributed by atoms with van der Waals surface area (Å²) in [5.74, 6) is 0.0403. The fourth-order valence-corrected chi connectivity index (χ4v) is 3.74. The van der Waals surface area contributed by atoms with E-state index in [9.17, 15) is 9.59 Å². The number of amides is 2. The quantitative estimate of drug-likeness (QED) is 0.877. The highest BCUT2D eigenvalue weighted by Crippen LogP contribution is 2.36. The first kappa shape index (κ1) is 16.6. The molecule has 0 radical (unpaired) electrons. The fourth-order valence-electron chi connectivity index (χ4n) is 2.63. The van der Waals surface area contributed by atoms with Crippen LogP contribution in [0.1, 0.15) is 24.8 Å². The summed E-state index contributed by atoms with van der Waals surface area (Å²) in [6.07, 6.45) is 0.187. The first-order chi connectivity index (χ1) is 11.6. The van der Waals surface area contributed by atoms with Crippen LogP contribution in [0.15, 0.2) is 59.5 Å². The van der Waals surface area contributed by atoms with E-state index in [0.717, 1.165) is 10.6 Å². The Morgan fingerprint density at radius 3 is 2.67 bits per heavy atom. The van der Waals surface area contributed by atoms with Gasteiger partial charge in [0.1, 0.15) is 0 Å². The number of benzene rings is 2. The molecule has 3 rings (SSSR count). The molecule has 1 aliphatic heterocycles. The number of hydrogen-bond acceptors (Lipinski definition) is 3. The molecule has 2 aromatic rings. The van der Waals surface area contributed by atoms with Crippen molar-refractivity contribution in [2.45, 2.75) is 29.4 Å². The van der Waals surface area contributed by atoms with Crippen molar-refractivity contribution in [3.63, 3.8) is 0 Å². The molecule has 0 aromatic heterocycles. The highest BCUT2D eigenvalue weighted by molar-refractivity contribution is 8.01. The smallest absolute Gasteiger partial charge is 0.238 e. The Morgan fingerprint density at radius 2 is 1.88 bits per heavy atom. The summed E-state index contributed by atoms with van der Waals surface area (Å²) in [7, 11) is 0. The molecule has 24 heavy (non-hydrogen) atoms. The molecule has 2 amide bonds. The number of para-hydroxylation sites is 1. The second-order valence-electron chi connectivity index (χ2n) is 5.91. The molecule has 5 heteroatoms. The van der Waals surface area contributed by atoms with Crippen molar-refractivity contribution in [2.24, 2.45) is 0 Å². The van der Waals surface area contributed by atoms with Crippen LogP contribution in [0.4, 0.5) is 5.69 Å². The van der Waals surface area contributed by atoms with Crippen molar-refractivity contribution >= 4 is 29.3 Å². The summed E-state index contributed by atoms with van der Waals surface area (Å²) < 4.78 is 0. The number of carbonyl (C=O) groups is 2. The van der Waals surface area contributed by atoms with Crippen LogP contribution in [-0.4, -0.2) is 23.6 Å². The Kier molecular flexibility index (Phi) is 5.20. The lowest BCUT2D eigenvalue weighted by atomic mass is 10.0. The minimum atomic E-state index is -0.382. The van der Waals surface area contributed by atoms with E-state index in [2.05, 4.69) is 29.7 Å². The van der Waals surface area contributed by atoms with E-state index in [0.29, 0.717) is 6.54 Å². The molecule has 2 atom stereocenters. The van der Waals surface area contributed by atoms with Crippen LogP contribution in [0.3, 0.4) is 0 Å². The van der Waals surface area contributed by atoms with Crippen LogP contribution in [0.2, 0.25) is 0 Å². The van der Waals surface area contributed by atoms with Crippen LogP contribution < -0.4 is 10.6 Å². The van der Waals surface area contributed by atoms with Crippen molar-refractivity contribution in [3.05, 3.63) is 60.2 Å². The van der Waals surface area contributed by atoms with E-state index in [4.69, 9.17) is 0 Å². The molecule has 1 aliphatic rings. The number of thioether (sulfide) groups is 1. The SMILES string of the molecule is C[C@H](CNC(=O)C[C@@H]1Sc2ccccc2NC1=O)c1ccccc1. The van der Waals surface area contributed by atoms with Crippen molar-refractivity contribution in [2.75, 3.05) is 11.9 Å². The Labute approximate surface area is 146 Å². The number of anilines is 1. The van der Waals surface area contributed by atoms with Crippen molar-refractivity contribution in [3.8, 4) is 0 Å². The maximum absolute atomic E-state index is 12.2. The standard InChI is InChI=1S/C19H20N2O2S/c1-13(14-7-3-2-4-8-14)12-20-18(22)11-17-19(23)21-15-9-5-6-10-16(15)24-17/h2-10,13,17H,11-12H2,1H3,(H,20,22)(H,21,23)/t13-,17+/m1/s1. The number of hydrogen-bond donors (Lipinski definition) is 2. The van der Waals surface area contributed by atoms with Crippen molar-refractivity contribution in [1.29, 1.82) is 0 Å². The molecule has 4 nitrogen and oxygen atoms in total. The molecule has 0 unspecified atom stereocenters. The zero-order valence-electron chi connectivity index (χ0n) is 13.5.